The topological polar surface area (TPSA) is 69.2 Å². The molecular formula is C23H30N2O4. The van der Waals surface area contributed by atoms with E-state index in [0.29, 0.717) is 36.4 Å². The molecule has 0 saturated carbocycles. The molecule has 2 aromatic carbocycles. The van der Waals surface area contributed by atoms with Crippen LogP contribution in [0.5, 0.6) is 17.2 Å². The molecule has 6 nitrogen and oxygen atoms in total. The fourth-order valence-electron chi connectivity index (χ4n) is 2.64. The molecule has 1 N–H and O–H groups in total. The van der Waals surface area contributed by atoms with Gasteiger partial charge < -0.3 is 14.2 Å². The summed E-state index contributed by atoms with van der Waals surface area (Å²) >= 11 is 0. The summed E-state index contributed by atoms with van der Waals surface area (Å²) in [4.78, 5) is 11.9. The Bertz CT molecular complexity index is 803. The van der Waals surface area contributed by atoms with Gasteiger partial charge in [-0.3, -0.25) is 4.79 Å². The van der Waals surface area contributed by atoms with E-state index in [1.807, 2.05) is 56.3 Å². The van der Waals surface area contributed by atoms with Gasteiger partial charge in [0.05, 0.1) is 19.4 Å². The first-order valence-electron chi connectivity index (χ1n) is 10.0. The number of rotatable bonds is 11. The van der Waals surface area contributed by atoms with Gasteiger partial charge in [0.25, 0.3) is 5.91 Å². The van der Waals surface area contributed by atoms with Crippen LogP contribution < -0.4 is 19.6 Å². The Morgan fingerprint density at radius 2 is 1.69 bits per heavy atom. The normalized spacial score (nSPS) is 11.9. The molecule has 1 unspecified atom stereocenters. The van der Waals surface area contributed by atoms with Crippen molar-refractivity contribution in [2.24, 2.45) is 5.10 Å². The van der Waals surface area contributed by atoms with E-state index in [9.17, 15) is 4.79 Å². The quantitative estimate of drug-likeness (QED) is 0.446. The number of hydrogen-bond donors (Lipinski definition) is 1. The number of amides is 1. The maximum atomic E-state index is 11.9. The van der Waals surface area contributed by atoms with Crippen LogP contribution in [0.3, 0.4) is 0 Å². The van der Waals surface area contributed by atoms with Crippen LogP contribution in [0.4, 0.5) is 0 Å². The summed E-state index contributed by atoms with van der Waals surface area (Å²) in [5, 5.41) is 3.98. The highest BCUT2D eigenvalue weighted by molar-refractivity contribution is 5.83. The summed E-state index contributed by atoms with van der Waals surface area (Å²) in [6.07, 6.45) is 2.64. The highest BCUT2D eigenvalue weighted by atomic mass is 16.5. The molecule has 0 aliphatic rings. The lowest BCUT2D eigenvalue weighted by molar-refractivity contribution is -0.123. The molecule has 6 heteroatoms. The zero-order valence-electron chi connectivity index (χ0n) is 17.6. The molecule has 0 aliphatic heterocycles. The van der Waals surface area contributed by atoms with Crippen molar-refractivity contribution in [2.45, 2.75) is 40.0 Å². The highest BCUT2D eigenvalue weighted by Gasteiger charge is 2.06. The predicted octanol–water partition coefficient (Wildman–Crippen LogP) is 4.53. The average molecular weight is 399 g/mol. The van der Waals surface area contributed by atoms with E-state index in [-0.39, 0.29) is 12.5 Å². The smallest absolute Gasteiger partial charge is 0.277 e. The zero-order valence-corrected chi connectivity index (χ0v) is 17.6. The van der Waals surface area contributed by atoms with E-state index in [1.54, 1.807) is 6.21 Å². The number of nitrogens with one attached hydrogen (secondary N) is 1. The molecule has 1 atom stereocenters. The number of benzene rings is 2. The summed E-state index contributed by atoms with van der Waals surface area (Å²) in [5.74, 6) is 2.16. The SMILES string of the molecule is CCOc1ccc(C=NNC(=O)COc2ccc(C(C)CC)cc2)cc1OCC. The van der Waals surface area contributed by atoms with Gasteiger partial charge in [0.2, 0.25) is 0 Å². The molecule has 0 fully saturated rings. The van der Waals surface area contributed by atoms with Crippen molar-refractivity contribution >= 4 is 12.1 Å². The number of nitrogens with zero attached hydrogens (tertiary/aromatic N) is 1. The molecular weight excluding hydrogens is 368 g/mol. The Morgan fingerprint density at radius 3 is 2.34 bits per heavy atom. The van der Waals surface area contributed by atoms with E-state index in [1.165, 1.54) is 5.56 Å². The summed E-state index contributed by atoms with van der Waals surface area (Å²) in [7, 11) is 0. The molecule has 2 aromatic rings. The molecule has 1 amide bonds. The Morgan fingerprint density at radius 1 is 1.00 bits per heavy atom. The van der Waals surface area contributed by atoms with E-state index < -0.39 is 0 Å². The van der Waals surface area contributed by atoms with Gasteiger partial charge in [-0.2, -0.15) is 5.10 Å². The van der Waals surface area contributed by atoms with Crippen molar-refractivity contribution in [2.75, 3.05) is 19.8 Å². The van der Waals surface area contributed by atoms with Crippen LogP contribution in [0, 0.1) is 0 Å². The van der Waals surface area contributed by atoms with E-state index >= 15 is 0 Å². The van der Waals surface area contributed by atoms with Crippen molar-refractivity contribution in [1.82, 2.24) is 5.43 Å². The number of carbonyl (C=O) groups is 1. The Labute approximate surface area is 172 Å². The van der Waals surface area contributed by atoms with Crippen molar-refractivity contribution in [3.63, 3.8) is 0 Å². The fourth-order valence-corrected chi connectivity index (χ4v) is 2.64. The van der Waals surface area contributed by atoms with E-state index in [2.05, 4.69) is 24.4 Å². The van der Waals surface area contributed by atoms with Crippen LogP contribution in [0.1, 0.15) is 51.2 Å². The molecule has 0 heterocycles. The summed E-state index contributed by atoms with van der Waals surface area (Å²) in [5.41, 5.74) is 4.52. The minimum atomic E-state index is -0.330. The van der Waals surface area contributed by atoms with E-state index in [0.717, 1.165) is 12.0 Å². The fraction of sp³-hybridized carbons (Fsp3) is 0.391. The first-order valence-corrected chi connectivity index (χ1v) is 10.0. The Kier molecular flexibility index (Phi) is 9.02. The van der Waals surface area contributed by atoms with Crippen LogP contribution >= 0.6 is 0 Å². The molecule has 0 saturated heterocycles. The monoisotopic (exact) mass is 398 g/mol. The van der Waals surface area contributed by atoms with Gasteiger partial charge in [0.15, 0.2) is 18.1 Å². The second kappa shape index (κ2) is 11.7. The van der Waals surface area contributed by atoms with Crippen molar-refractivity contribution in [3.05, 3.63) is 53.6 Å². The average Bonchev–Trinajstić information content (AvgIpc) is 2.74. The third kappa shape index (κ3) is 7.14. The minimum absolute atomic E-state index is 0.104. The first kappa shape index (κ1) is 22.3. The third-order valence-electron chi connectivity index (χ3n) is 4.40. The van der Waals surface area contributed by atoms with Crippen molar-refractivity contribution in [3.8, 4) is 17.2 Å². The molecule has 0 bridgehead atoms. The van der Waals surface area contributed by atoms with Crippen LogP contribution in [0.25, 0.3) is 0 Å². The van der Waals surface area contributed by atoms with Crippen molar-refractivity contribution in [1.29, 1.82) is 0 Å². The lowest BCUT2D eigenvalue weighted by atomic mass is 9.99. The molecule has 29 heavy (non-hydrogen) atoms. The second-order valence-electron chi connectivity index (χ2n) is 6.53. The van der Waals surface area contributed by atoms with Gasteiger partial charge in [-0.25, -0.2) is 5.43 Å². The maximum absolute atomic E-state index is 11.9. The van der Waals surface area contributed by atoms with Gasteiger partial charge in [0.1, 0.15) is 5.75 Å². The molecule has 0 aromatic heterocycles. The predicted molar refractivity (Wildman–Crippen MR) is 115 cm³/mol. The van der Waals surface area contributed by atoms with E-state index in [4.69, 9.17) is 14.2 Å². The van der Waals surface area contributed by atoms with Crippen LogP contribution in [0.2, 0.25) is 0 Å². The molecule has 0 radical (unpaired) electrons. The summed E-state index contributed by atoms with van der Waals surface area (Å²) in [6, 6.07) is 13.3. The number of hydrazone groups is 1. The highest BCUT2D eigenvalue weighted by Crippen LogP contribution is 2.28. The van der Waals surface area contributed by atoms with Gasteiger partial charge in [-0.15, -0.1) is 0 Å². The maximum Gasteiger partial charge on any atom is 0.277 e. The third-order valence-corrected chi connectivity index (χ3v) is 4.40. The minimum Gasteiger partial charge on any atom is -0.490 e. The van der Waals surface area contributed by atoms with Crippen LogP contribution in [-0.2, 0) is 4.79 Å². The molecule has 0 spiro atoms. The van der Waals surface area contributed by atoms with Gasteiger partial charge >= 0.3 is 0 Å². The molecule has 0 aliphatic carbocycles. The Hall–Kier alpha value is -3.02. The summed E-state index contributed by atoms with van der Waals surface area (Å²) in [6.45, 7) is 9.16. The van der Waals surface area contributed by atoms with Gasteiger partial charge in [-0.1, -0.05) is 26.0 Å². The number of hydrogen-bond acceptors (Lipinski definition) is 5. The zero-order chi connectivity index (χ0) is 21.1. The van der Waals surface area contributed by atoms with Gasteiger partial charge in [0, 0.05) is 0 Å². The van der Waals surface area contributed by atoms with Gasteiger partial charge in [-0.05, 0) is 67.6 Å². The van der Waals surface area contributed by atoms with Crippen LogP contribution in [0.15, 0.2) is 47.6 Å². The Balaban J connectivity index is 1.85. The number of carbonyl (C=O) groups excluding carboxylic acids is 1. The summed E-state index contributed by atoms with van der Waals surface area (Å²) < 4.78 is 16.6. The second-order valence-corrected chi connectivity index (χ2v) is 6.53. The standard InChI is InChI=1S/C23H30N2O4/c1-5-17(4)19-9-11-20(12-10-19)29-16-23(26)25-24-15-18-8-13-21(27-6-2)22(14-18)28-7-3/h8-15,17H,5-7,16H2,1-4H3,(H,25,26). The largest absolute Gasteiger partial charge is 0.490 e. The van der Waals surface area contributed by atoms with Crippen molar-refractivity contribution < 1.29 is 19.0 Å². The lowest BCUT2D eigenvalue weighted by Gasteiger charge is -2.11. The molecule has 2 rings (SSSR count). The number of ether oxygens (including phenoxy) is 3. The first-order chi connectivity index (χ1) is 14.1. The lowest BCUT2D eigenvalue weighted by Crippen LogP contribution is -2.24. The van der Waals surface area contributed by atoms with Crippen LogP contribution in [-0.4, -0.2) is 31.9 Å². The molecule has 156 valence electrons.